The van der Waals surface area contributed by atoms with Crippen molar-refractivity contribution in [2.24, 2.45) is 0 Å². The molecular weight excluding hydrogens is 330 g/mol. The summed E-state index contributed by atoms with van der Waals surface area (Å²) in [5.41, 5.74) is 1.67. The molecule has 1 aliphatic rings. The van der Waals surface area contributed by atoms with Crippen LogP contribution in [0.4, 0.5) is 5.69 Å². The Labute approximate surface area is 140 Å². The summed E-state index contributed by atoms with van der Waals surface area (Å²) in [5, 5.41) is 10.8. The first-order valence-corrected chi connectivity index (χ1v) is 8.49. The van der Waals surface area contributed by atoms with E-state index in [1.807, 2.05) is 0 Å². The highest BCUT2D eigenvalue weighted by Gasteiger charge is 2.30. The van der Waals surface area contributed by atoms with E-state index in [1.165, 1.54) is 11.8 Å². The minimum absolute atomic E-state index is 0.177. The van der Waals surface area contributed by atoms with E-state index in [-0.39, 0.29) is 11.6 Å². The van der Waals surface area contributed by atoms with Gasteiger partial charge in [0.05, 0.1) is 16.3 Å². The molecule has 0 aliphatic heterocycles. The topological polar surface area (TPSA) is 117 Å². The van der Waals surface area contributed by atoms with Crippen LogP contribution >= 0.6 is 11.8 Å². The average molecular weight is 345 g/mol. The van der Waals surface area contributed by atoms with Gasteiger partial charge in [-0.05, 0) is 38.0 Å². The number of hydrogen-bond donors (Lipinski definition) is 3. The number of nitrogens with zero attached hydrogens (tertiary/aromatic N) is 2. The highest BCUT2D eigenvalue weighted by Crippen LogP contribution is 2.40. The summed E-state index contributed by atoms with van der Waals surface area (Å²) >= 11 is 1.23. The Balaban J connectivity index is 1.42. The predicted molar refractivity (Wildman–Crippen MR) is 89.1 cm³/mol. The summed E-state index contributed by atoms with van der Waals surface area (Å²) in [6, 6.07) is 5.18. The molecule has 0 radical (unpaired) electrons. The third-order valence-corrected chi connectivity index (χ3v) is 4.71. The number of rotatable bonds is 5. The van der Waals surface area contributed by atoms with Crippen molar-refractivity contribution < 1.29 is 9.21 Å². The molecule has 1 atom stereocenters. The van der Waals surface area contributed by atoms with E-state index < -0.39 is 5.25 Å². The van der Waals surface area contributed by atoms with Crippen LogP contribution in [0.3, 0.4) is 0 Å². The first-order chi connectivity index (χ1) is 11.6. The number of aromatic nitrogens is 4. The molecule has 2 aromatic heterocycles. The molecule has 1 aromatic carbocycles. The maximum Gasteiger partial charge on any atom is 0.323 e. The zero-order valence-electron chi connectivity index (χ0n) is 12.8. The van der Waals surface area contributed by atoms with Gasteiger partial charge < -0.3 is 19.7 Å². The third-order valence-electron chi connectivity index (χ3n) is 3.78. The largest absolute Gasteiger partial charge is 0.416 e. The van der Waals surface area contributed by atoms with E-state index in [0.717, 1.165) is 12.8 Å². The summed E-state index contributed by atoms with van der Waals surface area (Å²) in [7, 11) is 0. The summed E-state index contributed by atoms with van der Waals surface area (Å²) in [6.07, 6.45) is 2.18. The number of imidazole rings is 1. The molecular formula is C15H15N5O3S. The molecule has 1 saturated carbocycles. The fourth-order valence-corrected chi connectivity index (χ4v) is 3.01. The zero-order valence-corrected chi connectivity index (χ0v) is 13.6. The molecule has 0 bridgehead atoms. The van der Waals surface area contributed by atoms with Gasteiger partial charge in [-0.15, -0.1) is 10.2 Å². The van der Waals surface area contributed by atoms with Crippen molar-refractivity contribution in [2.75, 3.05) is 5.32 Å². The van der Waals surface area contributed by atoms with Gasteiger partial charge in [-0.3, -0.25) is 4.79 Å². The molecule has 1 aliphatic carbocycles. The quantitative estimate of drug-likeness (QED) is 0.611. The van der Waals surface area contributed by atoms with Crippen molar-refractivity contribution in [3.05, 3.63) is 34.6 Å². The van der Waals surface area contributed by atoms with Crippen molar-refractivity contribution in [3.63, 3.8) is 0 Å². The molecule has 0 saturated heterocycles. The highest BCUT2D eigenvalue weighted by molar-refractivity contribution is 8.00. The second-order valence-corrected chi connectivity index (χ2v) is 7.06. The lowest BCUT2D eigenvalue weighted by Gasteiger charge is -2.09. The first-order valence-electron chi connectivity index (χ1n) is 7.61. The second-order valence-electron chi connectivity index (χ2n) is 5.77. The molecule has 24 heavy (non-hydrogen) atoms. The maximum absolute atomic E-state index is 12.3. The Morgan fingerprint density at radius 3 is 2.92 bits per heavy atom. The van der Waals surface area contributed by atoms with Gasteiger partial charge in [0.25, 0.3) is 5.22 Å². The van der Waals surface area contributed by atoms with Crippen molar-refractivity contribution in [1.29, 1.82) is 0 Å². The van der Waals surface area contributed by atoms with Crippen LogP contribution in [0.25, 0.3) is 11.0 Å². The number of carbonyl (C=O) groups is 1. The molecule has 2 heterocycles. The fourth-order valence-electron chi connectivity index (χ4n) is 2.32. The van der Waals surface area contributed by atoms with Crippen LogP contribution in [0, 0.1) is 0 Å². The lowest BCUT2D eigenvalue weighted by atomic mass is 10.2. The number of carbonyl (C=O) groups excluding carboxylic acids is 1. The van der Waals surface area contributed by atoms with E-state index in [4.69, 9.17) is 4.42 Å². The Bertz CT molecular complexity index is 955. The van der Waals surface area contributed by atoms with E-state index in [1.54, 1.807) is 25.1 Å². The number of hydrogen-bond acceptors (Lipinski definition) is 6. The Hall–Kier alpha value is -2.55. The molecule has 4 rings (SSSR count). The van der Waals surface area contributed by atoms with Gasteiger partial charge in [0.1, 0.15) is 0 Å². The van der Waals surface area contributed by atoms with Gasteiger partial charge in [0, 0.05) is 11.6 Å². The lowest BCUT2D eigenvalue weighted by Crippen LogP contribution is -2.22. The molecule has 1 fully saturated rings. The summed E-state index contributed by atoms with van der Waals surface area (Å²) in [5.74, 6) is 0.876. The van der Waals surface area contributed by atoms with Crippen LogP contribution in [0.5, 0.6) is 0 Å². The summed E-state index contributed by atoms with van der Waals surface area (Å²) < 4.78 is 5.56. The van der Waals surface area contributed by atoms with Gasteiger partial charge in [-0.1, -0.05) is 11.8 Å². The molecule has 9 heteroatoms. The van der Waals surface area contributed by atoms with Crippen LogP contribution in [-0.2, 0) is 4.79 Å². The van der Waals surface area contributed by atoms with Gasteiger partial charge >= 0.3 is 5.69 Å². The van der Waals surface area contributed by atoms with Gasteiger partial charge in [-0.2, -0.15) is 0 Å². The SMILES string of the molecule is C[C@@H](Sc1nnc(C2CC2)o1)C(=O)Nc1ccc2[nH]c(=O)[nH]c2c1. The standard InChI is InChI=1S/C15H15N5O3S/c1-7(24-15-20-19-13(23-15)8-2-3-8)12(21)16-9-4-5-10-11(6-9)18-14(22)17-10/h4-8H,2-3H2,1H3,(H,16,21)(H2,17,18,22)/t7-/m1/s1. The number of nitrogens with one attached hydrogen (secondary N) is 3. The van der Waals surface area contributed by atoms with Crippen molar-refractivity contribution in [1.82, 2.24) is 20.2 Å². The molecule has 124 valence electrons. The monoisotopic (exact) mass is 345 g/mol. The van der Waals surface area contributed by atoms with Crippen LogP contribution in [0.1, 0.15) is 31.6 Å². The van der Waals surface area contributed by atoms with E-state index in [0.29, 0.717) is 33.8 Å². The number of anilines is 1. The highest BCUT2D eigenvalue weighted by atomic mass is 32.2. The molecule has 8 nitrogen and oxygen atoms in total. The minimum Gasteiger partial charge on any atom is -0.416 e. The van der Waals surface area contributed by atoms with Crippen molar-refractivity contribution >= 4 is 34.4 Å². The van der Waals surface area contributed by atoms with Crippen LogP contribution in [0.2, 0.25) is 0 Å². The number of thioether (sulfide) groups is 1. The molecule has 3 aromatic rings. The van der Waals surface area contributed by atoms with Gasteiger partial charge in [0.2, 0.25) is 11.8 Å². The Kier molecular flexibility index (Phi) is 3.64. The zero-order chi connectivity index (χ0) is 16.7. The minimum atomic E-state index is -0.390. The first kappa shape index (κ1) is 15.0. The molecule has 3 N–H and O–H groups in total. The molecule has 1 amide bonds. The Morgan fingerprint density at radius 1 is 1.33 bits per heavy atom. The maximum atomic E-state index is 12.3. The van der Waals surface area contributed by atoms with Gasteiger partial charge in [0.15, 0.2) is 0 Å². The van der Waals surface area contributed by atoms with Crippen molar-refractivity contribution in [2.45, 2.75) is 36.2 Å². The fraction of sp³-hybridized carbons (Fsp3) is 0.333. The average Bonchev–Trinajstić information content (AvgIpc) is 3.18. The number of H-pyrrole nitrogens is 2. The number of fused-ring (bicyclic) bond motifs is 1. The van der Waals surface area contributed by atoms with Crippen LogP contribution in [0.15, 0.2) is 32.6 Å². The van der Waals surface area contributed by atoms with Gasteiger partial charge in [-0.25, -0.2) is 4.79 Å². The van der Waals surface area contributed by atoms with Crippen LogP contribution < -0.4 is 11.0 Å². The summed E-state index contributed by atoms with van der Waals surface area (Å²) in [4.78, 5) is 28.9. The Morgan fingerprint density at radius 2 is 2.12 bits per heavy atom. The molecule has 0 unspecified atom stereocenters. The normalized spacial score (nSPS) is 15.5. The third kappa shape index (κ3) is 3.07. The van der Waals surface area contributed by atoms with Crippen LogP contribution in [-0.4, -0.2) is 31.3 Å². The van der Waals surface area contributed by atoms with E-state index in [2.05, 4.69) is 25.5 Å². The van der Waals surface area contributed by atoms with Crippen molar-refractivity contribution in [3.8, 4) is 0 Å². The molecule has 0 spiro atoms. The smallest absolute Gasteiger partial charge is 0.323 e. The number of benzene rings is 1. The number of amides is 1. The van der Waals surface area contributed by atoms with E-state index in [9.17, 15) is 9.59 Å². The lowest BCUT2D eigenvalue weighted by molar-refractivity contribution is -0.115. The summed E-state index contributed by atoms with van der Waals surface area (Å²) in [6.45, 7) is 1.78. The predicted octanol–water partition coefficient (Wildman–Crippen LogP) is 2.24. The van der Waals surface area contributed by atoms with E-state index >= 15 is 0 Å². The number of aromatic amines is 2. The second kappa shape index (κ2) is 5.82.